The van der Waals surface area contributed by atoms with E-state index in [2.05, 4.69) is 20.3 Å². The third-order valence-corrected chi connectivity index (χ3v) is 4.88. The summed E-state index contributed by atoms with van der Waals surface area (Å²) in [5, 5.41) is 10.6. The van der Waals surface area contributed by atoms with E-state index in [1.807, 2.05) is 0 Å². The number of hydrogen-bond donors (Lipinski definition) is 1. The molecule has 1 saturated heterocycles. The average molecular weight is 467 g/mol. The molecule has 2 amide bonds. The van der Waals surface area contributed by atoms with Gasteiger partial charge in [0.05, 0.1) is 5.92 Å². The maximum absolute atomic E-state index is 12.4. The van der Waals surface area contributed by atoms with Crippen LogP contribution < -0.4 is 15.0 Å². The van der Waals surface area contributed by atoms with E-state index in [1.165, 1.54) is 29.2 Å². The van der Waals surface area contributed by atoms with Crippen LogP contribution >= 0.6 is 11.6 Å². The van der Waals surface area contributed by atoms with Crippen LogP contribution in [0.1, 0.15) is 28.6 Å². The summed E-state index contributed by atoms with van der Waals surface area (Å²) >= 11 is 5.80. The van der Waals surface area contributed by atoms with E-state index in [4.69, 9.17) is 16.0 Å². The number of carbonyl (C=O) groups excluding carboxylic acids is 2. The van der Waals surface area contributed by atoms with Crippen molar-refractivity contribution in [3.05, 3.63) is 65.0 Å². The minimum absolute atomic E-state index is 0.0631. The molecule has 2 aromatic carbocycles. The van der Waals surface area contributed by atoms with Gasteiger partial charge in [-0.25, -0.2) is 0 Å². The van der Waals surface area contributed by atoms with E-state index < -0.39 is 18.2 Å². The van der Waals surface area contributed by atoms with Crippen molar-refractivity contribution in [3.8, 4) is 5.75 Å². The van der Waals surface area contributed by atoms with E-state index in [-0.39, 0.29) is 36.5 Å². The second-order valence-corrected chi connectivity index (χ2v) is 7.29. The largest absolute Gasteiger partial charge is 0.573 e. The molecular formula is C20H14ClF3N4O4. The number of rotatable bonds is 5. The van der Waals surface area contributed by atoms with Crippen LogP contribution in [0.5, 0.6) is 5.75 Å². The lowest BCUT2D eigenvalue weighted by molar-refractivity contribution is -0.274. The van der Waals surface area contributed by atoms with Crippen LogP contribution in [0.3, 0.4) is 0 Å². The Labute approximate surface area is 183 Å². The molecule has 0 spiro atoms. The van der Waals surface area contributed by atoms with Crippen LogP contribution in [0.4, 0.5) is 24.9 Å². The van der Waals surface area contributed by atoms with Crippen LogP contribution in [-0.4, -0.2) is 34.9 Å². The Balaban J connectivity index is 1.40. The van der Waals surface area contributed by atoms with Crippen LogP contribution in [0.15, 0.2) is 52.9 Å². The van der Waals surface area contributed by atoms with Gasteiger partial charge in [-0.1, -0.05) is 16.7 Å². The number of anilines is 2. The minimum Gasteiger partial charge on any atom is -0.407 e. The maximum atomic E-state index is 12.4. The molecule has 1 fully saturated rings. The number of alkyl halides is 3. The molecule has 4 rings (SSSR count). The molecule has 0 aliphatic carbocycles. The zero-order valence-corrected chi connectivity index (χ0v) is 16.9. The quantitative estimate of drug-likeness (QED) is 0.598. The fourth-order valence-corrected chi connectivity index (χ4v) is 3.30. The van der Waals surface area contributed by atoms with Gasteiger partial charge >= 0.3 is 12.4 Å². The zero-order chi connectivity index (χ0) is 22.9. The van der Waals surface area contributed by atoms with Crippen molar-refractivity contribution in [2.75, 3.05) is 16.8 Å². The Hall–Kier alpha value is -3.60. The summed E-state index contributed by atoms with van der Waals surface area (Å²) < 4.78 is 46.2. The summed E-state index contributed by atoms with van der Waals surface area (Å²) in [6.07, 6.45) is -4.73. The number of carbonyl (C=O) groups is 2. The zero-order valence-electron chi connectivity index (χ0n) is 16.1. The monoisotopic (exact) mass is 466 g/mol. The van der Waals surface area contributed by atoms with Gasteiger partial charge in [0.25, 0.3) is 5.91 Å². The van der Waals surface area contributed by atoms with Gasteiger partial charge in [0.2, 0.25) is 11.8 Å². The van der Waals surface area contributed by atoms with E-state index in [1.54, 1.807) is 12.1 Å². The fourth-order valence-electron chi connectivity index (χ4n) is 3.17. The Bertz CT molecular complexity index is 1130. The molecule has 0 unspecified atom stereocenters. The first kappa shape index (κ1) is 21.6. The summed E-state index contributed by atoms with van der Waals surface area (Å²) in [4.78, 5) is 26.0. The molecule has 0 saturated carbocycles. The van der Waals surface area contributed by atoms with Crippen LogP contribution in [0.25, 0.3) is 0 Å². The Morgan fingerprint density at radius 3 is 2.47 bits per heavy atom. The highest BCUT2D eigenvalue weighted by Gasteiger charge is 2.35. The van der Waals surface area contributed by atoms with Crippen LogP contribution in [0.2, 0.25) is 5.02 Å². The highest BCUT2D eigenvalue weighted by molar-refractivity contribution is 6.30. The minimum atomic E-state index is -4.80. The lowest BCUT2D eigenvalue weighted by Crippen LogP contribution is -2.24. The smallest absolute Gasteiger partial charge is 0.407 e. The van der Waals surface area contributed by atoms with Gasteiger partial charge in [0.1, 0.15) is 5.75 Å². The molecule has 12 heteroatoms. The van der Waals surface area contributed by atoms with Gasteiger partial charge in [-0.2, -0.15) is 0 Å². The van der Waals surface area contributed by atoms with Crippen molar-refractivity contribution in [1.29, 1.82) is 0 Å². The number of hydrogen-bond acceptors (Lipinski definition) is 6. The second-order valence-electron chi connectivity index (χ2n) is 6.85. The molecule has 1 atom stereocenters. The first-order valence-corrected chi connectivity index (χ1v) is 9.62. The number of amides is 2. The number of ether oxygens (including phenoxy) is 1. The summed E-state index contributed by atoms with van der Waals surface area (Å²) in [7, 11) is 0. The number of benzene rings is 2. The molecule has 8 nitrogen and oxygen atoms in total. The Morgan fingerprint density at radius 1 is 1.12 bits per heavy atom. The molecule has 166 valence electrons. The summed E-state index contributed by atoms with van der Waals surface area (Å²) in [5.41, 5.74) is 0.747. The van der Waals surface area contributed by atoms with Crippen molar-refractivity contribution in [2.45, 2.75) is 18.7 Å². The van der Waals surface area contributed by atoms with Gasteiger partial charge in [0, 0.05) is 29.2 Å². The van der Waals surface area contributed by atoms with Gasteiger partial charge in [0.15, 0.2) is 0 Å². The molecule has 0 bridgehead atoms. The number of aromatic nitrogens is 2. The van der Waals surface area contributed by atoms with Crippen molar-refractivity contribution in [1.82, 2.24) is 10.2 Å². The number of nitrogens with zero attached hydrogens (tertiary/aromatic N) is 3. The lowest BCUT2D eigenvalue weighted by Gasteiger charge is -2.17. The van der Waals surface area contributed by atoms with Crippen molar-refractivity contribution < 1.29 is 31.9 Å². The predicted molar refractivity (Wildman–Crippen MR) is 107 cm³/mol. The number of halogens is 4. The molecule has 0 radical (unpaired) electrons. The first-order valence-electron chi connectivity index (χ1n) is 9.24. The molecule has 1 aliphatic rings. The molecule has 2 heterocycles. The number of nitrogens with one attached hydrogen (secondary N) is 1. The van der Waals surface area contributed by atoms with Crippen molar-refractivity contribution in [2.24, 2.45) is 0 Å². The highest BCUT2D eigenvalue weighted by atomic mass is 35.5. The molecule has 32 heavy (non-hydrogen) atoms. The summed E-state index contributed by atoms with van der Waals surface area (Å²) in [6.45, 7) is 0.186. The van der Waals surface area contributed by atoms with Gasteiger partial charge in [-0.15, -0.1) is 18.3 Å². The molecule has 1 aromatic heterocycles. The normalized spacial score (nSPS) is 16.3. The lowest BCUT2D eigenvalue weighted by atomic mass is 10.1. The van der Waals surface area contributed by atoms with Gasteiger partial charge in [-0.3, -0.25) is 14.9 Å². The summed E-state index contributed by atoms with van der Waals surface area (Å²) in [5.74, 6) is -1.40. The molecule has 3 aromatic rings. The fraction of sp³-hybridized carbons (Fsp3) is 0.200. The average Bonchev–Trinajstić information content (AvgIpc) is 3.34. The molecular weight excluding hydrogens is 453 g/mol. The third kappa shape index (κ3) is 4.99. The summed E-state index contributed by atoms with van der Waals surface area (Å²) in [6, 6.07) is 11.0. The van der Waals surface area contributed by atoms with Gasteiger partial charge in [-0.05, 0) is 48.5 Å². The third-order valence-electron chi connectivity index (χ3n) is 4.62. The highest BCUT2D eigenvalue weighted by Crippen LogP contribution is 2.33. The second kappa shape index (κ2) is 8.50. The SMILES string of the molecule is O=C(Nc1nnc([C@@H]2CC(=O)N(c3ccc(OC(F)(F)F)cc3)C2)o1)c1ccc(Cl)cc1. The van der Waals surface area contributed by atoms with E-state index in [0.29, 0.717) is 16.3 Å². The first-order chi connectivity index (χ1) is 15.2. The van der Waals surface area contributed by atoms with Gasteiger partial charge < -0.3 is 14.1 Å². The molecule has 1 N–H and O–H groups in total. The molecule has 1 aliphatic heterocycles. The maximum Gasteiger partial charge on any atom is 0.573 e. The van der Waals surface area contributed by atoms with E-state index in [0.717, 1.165) is 12.1 Å². The standard InChI is InChI=1S/C20H14ClF3N4O4/c21-13-3-1-11(2-4-13)17(30)25-19-27-26-18(31-19)12-9-16(29)28(10-12)14-5-7-15(8-6-14)32-20(22,23)24/h1-8,12H,9-10H2,(H,25,27,30)/t12-/m1/s1. The Kier molecular flexibility index (Phi) is 5.74. The van der Waals surface area contributed by atoms with Crippen molar-refractivity contribution >= 4 is 35.1 Å². The van der Waals surface area contributed by atoms with Crippen LogP contribution in [0, 0.1) is 0 Å². The topological polar surface area (TPSA) is 97.6 Å². The van der Waals surface area contributed by atoms with Crippen LogP contribution in [-0.2, 0) is 4.79 Å². The van der Waals surface area contributed by atoms with E-state index in [9.17, 15) is 22.8 Å². The van der Waals surface area contributed by atoms with E-state index >= 15 is 0 Å². The Morgan fingerprint density at radius 2 is 1.81 bits per heavy atom. The predicted octanol–water partition coefficient (Wildman–Crippen LogP) is 4.39. The van der Waals surface area contributed by atoms with Crippen molar-refractivity contribution in [3.63, 3.8) is 0 Å².